The molecule has 0 radical (unpaired) electrons. The SMILES string of the molecule is CC(C)(CCO)NC(=O)COc1cccc(N)c1. The first-order valence-electron chi connectivity index (χ1n) is 5.83. The molecule has 0 saturated heterocycles. The van der Waals surface area contributed by atoms with Crippen molar-refractivity contribution in [2.45, 2.75) is 25.8 Å². The highest BCUT2D eigenvalue weighted by molar-refractivity contribution is 5.78. The molecule has 0 fully saturated rings. The molecule has 0 saturated carbocycles. The Morgan fingerprint density at radius 2 is 2.22 bits per heavy atom. The van der Waals surface area contributed by atoms with Gasteiger partial charge in [-0.05, 0) is 32.4 Å². The number of aliphatic hydroxyl groups is 1. The third kappa shape index (κ3) is 5.05. The van der Waals surface area contributed by atoms with E-state index in [1.807, 2.05) is 13.8 Å². The summed E-state index contributed by atoms with van der Waals surface area (Å²) in [7, 11) is 0. The van der Waals surface area contributed by atoms with Gasteiger partial charge in [0.1, 0.15) is 5.75 Å². The normalized spacial score (nSPS) is 11.1. The predicted octanol–water partition coefficient (Wildman–Crippen LogP) is 0.925. The minimum absolute atomic E-state index is 0.0311. The van der Waals surface area contributed by atoms with Crippen LogP contribution >= 0.6 is 0 Å². The molecule has 1 aromatic rings. The van der Waals surface area contributed by atoms with Crippen molar-refractivity contribution in [3.8, 4) is 5.75 Å². The minimum atomic E-state index is -0.440. The zero-order chi connectivity index (χ0) is 13.6. The van der Waals surface area contributed by atoms with Crippen molar-refractivity contribution in [2.75, 3.05) is 18.9 Å². The second kappa shape index (κ2) is 6.26. The Morgan fingerprint density at radius 3 is 2.83 bits per heavy atom. The van der Waals surface area contributed by atoms with Crippen LogP contribution in [0.25, 0.3) is 0 Å². The lowest BCUT2D eigenvalue weighted by Crippen LogP contribution is -2.46. The summed E-state index contributed by atoms with van der Waals surface area (Å²) < 4.78 is 5.32. The van der Waals surface area contributed by atoms with Crippen molar-refractivity contribution < 1.29 is 14.6 Å². The Balaban J connectivity index is 2.42. The van der Waals surface area contributed by atoms with Gasteiger partial charge >= 0.3 is 0 Å². The highest BCUT2D eigenvalue weighted by Gasteiger charge is 2.19. The third-order valence-electron chi connectivity index (χ3n) is 2.44. The molecule has 0 bridgehead atoms. The summed E-state index contributed by atoms with van der Waals surface area (Å²) in [6.45, 7) is 3.66. The number of benzene rings is 1. The average molecular weight is 252 g/mol. The van der Waals surface area contributed by atoms with Gasteiger partial charge in [-0.3, -0.25) is 4.79 Å². The monoisotopic (exact) mass is 252 g/mol. The molecule has 0 unspecified atom stereocenters. The van der Waals surface area contributed by atoms with Gasteiger partial charge in [-0.2, -0.15) is 0 Å². The highest BCUT2D eigenvalue weighted by Crippen LogP contribution is 2.14. The maximum atomic E-state index is 11.6. The molecule has 5 heteroatoms. The number of nitrogen functional groups attached to an aromatic ring is 1. The highest BCUT2D eigenvalue weighted by atomic mass is 16.5. The van der Waals surface area contributed by atoms with Crippen LogP contribution in [0, 0.1) is 0 Å². The number of ether oxygens (including phenoxy) is 1. The third-order valence-corrected chi connectivity index (χ3v) is 2.44. The summed E-state index contributed by atoms with van der Waals surface area (Å²) in [6.07, 6.45) is 0.497. The average Bonchev–Trinajstić information content (AvgIpc) is 2.25. The van der Waals surface area contributed by atoms with Crippen LogP contribution in [0.2, 0.25) is 0 Å². The fourth-order valence-corrected chi connectivity index (χ4v) is 1.51. The van der Waals surface area contributed by atoms with E-state index in [4.69, 9.17) is 15.6 Å². The van der Waals surface area contributed by atoms with Gasteiger partial charge in [0.2, 0.25) is 0 Å². The Labute approximate surface area is 107 Å². The Hall–Kier alpha value is -1.75. The number of nitrogens with one attached hydrogen (secondary N) is 1. The van der Waals surface area contributed by atoms with Crippen molar-refractivity contribution >= 4 is 11.6 Å². The first-order valence-corrected chi connectivity index (χ1v) is 5.83. The topological polar surface area (TPSA) is 84.6 Å². The summed E-state index contributed by atoms with van der Waals surface area (Å²) in [5.74, 6) is 0.334. The van der Waals surface area contributed by atoms with Crippen LogP contribution < -0.4 is 15.8 Å². The summed E-state index contributed by atoms with van der Waals surface area (Å²) >= 11 is 0. The van der Waals surface area contributed by atoms with Gasteiger partial charge in [-0.1, -0.05) is 6.07 Å². The van der Waals surface area contributed by atoms with Gasteiger partial charge < -0.3 is 20.9 Å². The summed E-state index contributed by atoms with van der Waals surface area (Å²) in [6, 6.07) is 6.91. The van der Waals surface area contributed by atoms with E-state index in [1.54, 1.807) is 24.3 Å². The largest absolute Gasteiger partial charge is 0.484 e. The molecule has 18 heavy (non-hydrogen) atoms. The molecule has 0 atom stereocenters. The van der Waals surface area contributed by atoms with Crippen LogP contribution in [0.15, 0.2) is 24.3 Å². The molecule has 0 heterocycles. The fourth-order valence-electron chi connectivity index (χ4n) is 1.51. The molecule has 4 N–H and O–H groups in total. The van der Waals surface area contributed by atoms with Crippen molar-refractivity contribution in [3.63, 3.8) is 0 Å². The van der Waals surface area contributed by atoms with Crippen LogP contribution in [0.4, 0.5) is 5.69 Å². The molecule has 0 spiro atoms. The van der Waals surface area contributed by atoms with Crippen LogP contribution in [-0.4, -0.2) is 29.8 Å². The van der Waals surface area contributed by atoms with Gasteiger partial charge in [-0.15, -0.1) is 0 Å². The van der Waals surface area contributed by atoms with Gasteiger partial charge in [0.05, 0.1) is 0 Å². The minimum Gasteiger partial charge on any atom is -0.484 e. The van der Waals surface area contributed by atoms with Gasteiger partial charge in [0, 0.05) is 23.9 Å². The van der Waals surface area contributed by atoms with E-state index < -0.39 is 5.54 Å². The Morgan fingerprint density at radius 1 is 1.50 bits per heavy atom. The molecular formula is C13H20N2O3. The molecule has 5 nitrogen and oxygen atoms in total. The lowest BCUT2D eigenvalue weighted by atomic mass is 10.0. The number of aliphatic hydroxyl groups excluding tert-OH is 1. The van der Waals surface area contributed by atoms with E-state index in [1.165, 1.54) is 0 Å². The predicted molar refractivity (Wildman–Crippen MR) is 70.3 cm³/mol. The zero-order valence-electron chi connectivity index (χ0n) is 10.8. The molecule has 0 aliphatic carbocycles. The first-order chi connectivity index (χ1) is 8.43. The van der Waals surface area contributed by atoms with Crippen LogP contribution in [0.1, 0.15) is 20.3 Å². The number of hydrogen-bond acceptors (Lipinski definition) is 4. The van der Waals surface area contributed by atoms with Crippen molar-refractivity contribution in [1.82, 2.24) is 5.32 Å². The Kier molecular flexibility index (Phi) is 4.97. The molecule has 100 valence electrons. The molecule has 0 aliphatic rings. The maximum absolute atomic E-state index is 11.6. The molecule has 1 rings (SSSR count). The lowest BCUT2D eigenvalue weighted by Gasteiger charge is -2.25. The number of amides is 1. The molecule has 0 aromatic heterocycles. The smallest absolute Gasteiger partial charge is 0.258 e. The number of anilines is 1. The van der Waals surface area contributed by atoms with E-state index in [0.717, 1.165) is 0 Å². The molecular weight excluding hydrogens is 232 g/mol. The van der Waals surface area contributed by atoms with E-state index in [-0.39, 0.29) is 19.1 Å². The van der Waals surface area contributed by atoms with E-state index in [0.29, 0.717) is 17.9 Å². The van der Waals surface area contributed by atoms with Gasteiger partial charge in [0.15, 0.2) is 6.61 Å². The van der Waals surface area contributed by atoms with Gasteiger partial charge in [0.25, 0.3) is 5.91 Å². The number of nitrogens with two attached hydrogens (primary N) is 1. The van der Waals surface area contributed by atoms with Crippen molar-refractivity contribution in [2.24, 2.45) is 0 Å². The first kappa shape index (κ1) is 14.3. The van der Waals surface area contributed by atoms with Crippen molar-refractivity contribution in [3.05, 3.63) is 24.3 Å². The quantitative estimate of drug-likeness (QED) is 0.657. The van der Waals surface area contributed by atoms with Gasteiger partial charge in [-0.25, -0.2) is 0 Å². The van der Waals surface area contributed by atoms with E-state index in [9.17, 15) is 4.79 Å². The number of hydrogen-bond donors (Lipinski definition) is 3. The maximum Gasteiger partial charge on any atom is 0.258 e. The lowest BCUT2D eigenvalue weighted by molar-refractivity contribution is -0.124. The van der Waals surface area contributed by atoms with E-state index >= 15 is 0 Å². The molecule has 1 amide bonds. The second-order valence-electron chi connectivity index (χ2n) is 4.77. The molecule has 1 aromatic carbocycles. The van der Waals surface area contributed by atoms with E-state index in [2.05, 4.69) is 5.32 Å². The fraction of sp³-hybridized carbons (Fsp3) is 0.462. The standard InChI is InChI=1S/C13H20N2O3/c1-13(2,6-7-16)15-12(17)9-18-11-5-3-4-10(14)8-11/h3-5,8,16H,6-7,9,14H2,1-2H3,(H,15,17). The van der Waals surface area contributed by atoms with Crippen LogP contribution in [0.3, 0.4) is 0 Å². The number of carbonyl (C=O) groups is 1. The second-order valence-corrected chi connectivity index (χ2v) is 4.77. The summed E-state index contributed by atoms with van der Waals surface area (Å²) in [5, 5.41) is 11.6. The number of carbonyl (C=O) groups excluding carboxylic acids is 1. The van der Waals surface area contributed by atoms with Crippen LogP contribution in [-0.2, 0) is 4.79 Å². The summed E-state index contributed by atoms with van der Waals surface area (Å²) in [4.78, 5) is 11.6. The number of rotatable bonds is 6. The van der Waals surface area contributed by atoms with Crippen molar-refractivity contribution in [1.29, 1.82) is 0 Å². The Bertz CT molecular complexity index is 405. The zero-order valence-corrected chi connectivity index (χ0v) is 10.8. The summed E-state index contributed by atoms with van der Waals surface area (Å²) in [5.41, 5.74) is 5.75. The molecule has 0 aliphatic heterocycles. The van der Waals surface area contributed by atoms with Crippen LogP contribution in [0.5, 0.6) is 5.75 Å².